The van der Waals surface area contributed by atoms with Gasteiger partial charge in [0.1, 0.15) is 0 Å². The average Bonchev–Trinajstić information content (AvgIpc) is 3.21. The summed E-state index contributed by atoms with van der Waals surface area (Å²) in [5.41, 5.74) is 5.31. The zero-order valence-electron chi connectivity index (χ0n) is 19.8. The summed E-state index contributed by atoms with van der Waals surface area (Å²) in [5, 5.41) is 6.85. The Morgan fingerprint density at radius 1 is 1.03 bits per heavy atom. The summed E-state index contributed by atoms with van der Waals surface area (Å²) in [6.07, 6.45) is 5.55. The number of hydrogen-bond acceptors (Lipinski definition) is 3. The second-order valence-corrected chi connectivity index (χ2v) is 10.6. The highest BCUT2D eigenvalue weighted by Crippen LogP contribution is 2.48. The Hall–Kier alpha value is -3.08. The summed E-state index contributed by atoms with van der Waals surface area (Å²) in [7, 11) is 0. The van der Waals surface area contributed by atoms with Crippen molar-refractivity contribution in [2.24, 2.45) is 5.41 Å². The van der Waals surface area contributed by atoms with Crippen molar-refractivity contribution < 1.29 is 9.59 Å². The lowest BCUT2D eigenvalue weighted by Gasteiger charge is -2.37. The summed E-state index contributed by atoms with van der Waals surface area (Å²) < 4.78 is 0. The first-order chi connectivity index (χ1) is 15.8. The van der Waals surface area contributed by atoms with E-state index in [0.717, 1.165) is 65.9 Å². The Morgan fingerprint density at radius 3 is 2.45 bits per heavy atom. The maximum Gasteiger partial charge on any atom is 0.323 e. The molecule has 0 aromatic heterocycles. The molecular formula is C28H33N3O2. The summed E-state index contributed by atoms with van der Waals surface area (Å²) in [4.78, 5) is 29.4. The zero-order chi connectivity index (χ0) is 23.2. The predicted octanol–water partition coefficient (Wildman–Crippen LogP) is 6.26. The van der Waals surface area contributed by atoms with E-state index in [1.54, 1.807) is 0 Å². The van der Waals surface area contributed by atoms with Crippen LogP contribution in [0.25, 0.3) is 0 Å². The Balaban J connectivity index is 1.69. The van der Waals surface area contributed by atoms with Crippen LogP contribution in [0.1, 0.15) is 69.5 Å². The van der Waals surface area contributed by atoms with Gasteiger partial charge in [0.05, 0.1) is 17.4 Å². The van der Waals surface area contributed by atoms with Crippen LogP contribution in [0.4, 0.5) is 16.2 Å². The van der Waals surface area contributed by atoms with E-state index in [2.05, 4.69) is 55.7 Å². The fraction of sp³-hybridized carbons (Fsp3) is 0.429. The first-order valence-corrected chi connectivity index (χ1v) is 12.1. The lowest BCUT2D eigenvalue weighted by atomic mass is 9.73. The summed E-state index contributed by atoms with van der Waals surface area (Å²) in [6.45, 7) is 6.33. The van der Waals surface area contributed by atoms with Gasteiger partial charge in [-0.1, -0.05) is 68.7 Å². The first kappa shape index (κ1) is 21.7. The van der Waals surface area contributed by atoms with E-state index in [0.29, 0.717) is 6.42 Å². The number of hydrogen-bond donors (Lipinski definition) is 2. The molecule has 0 radical (unpaired) electrons. The van der Waals surface area contributed by atoms with E-state index < -0.39 is 6.04 Å². The van der Waals surface area contributed by atoms with E-state index in [4.69, 9.17) is 0 Å². The van der Waals surface area contributed by atoms with Crippen LogP contribution in [0.3, 0.4) is 0 Å². The molecule has 0 spiro atoms. The molecule has 1 heterocycles. The minimum atomic E-state index is -0.471. The molecule has 0 unspecified atom stereocenters. The van der Waals surface area contributed by atoms with Gasteiger partial charge in [0, 0.05) is 23.7 Å². The number of aryl methyl sites for hydroxylation is 1. The fourth-order valence-corrected chi connectivity index (χ4v) is 5.59. The summed E-state index contributed by atoms with van der Waals surface area (Å²) in [5.74, 6) is 0.116. The second kappa shape index (κ2) is 8.36. The summed E-state index contributed by atoms with van der Waals surface area (Å²) in [6, 6.07) is 15.7. The van der Waals surface area contributed by atoms with Gasteiger partial charge in [-0.3, -0.25) is 9.69 Å². The van der Waals surface area contributed by atoms with Crippen LogP contribution >= 0.6 is 0 Å². The Bertz CT molecular complexity index is 1110. The minimum absolute atomic E-state index is 0.116. The number of carbonyl (C=O) groups is 2. The number of Topliss-reactive ketones (excluding diaryl/α,β-unsaturated/α-hetero) is 1. The number of fused-ring (bicyclic) bond motifs is 1. The fourth-order valence-electron chi connectivity index (χ4n) is 5.59. The minimum Gasteiger partial charge on any atom is -0.357 e. The molecule has 1 saturated carbocycles. The largest absolute Gasteiger partial charge is 0.357 e. The number of urea groups is 1. The summed E-state index contributed by atoms with van der Waals surface area (Å²) >= 11 is 0. The van der Waals surface area contributed by atoms with Gasteiger partial charge in [0.15, 0.2) is 5.78 Å². The van der Waals surface area contributed by atoms with Gasteiger partial charge in [0.2, 0.25) is 0 Å². The van der Waals surface area contributed by atoms with Crippen molar-refractivity contribution in [1.29, 1.82) is 0 Å². The molecule has 2 aromatic carbocycles. The van der Waals surface area contributed by atoms with Crippen molar-refractivity contribution in [3.8, 4) is 0 Å². The topological polar surface area (TPSA) is 61.4 Å². The third kappa shape index (κ3) is 4.17. The number of carbonyl (C=O) groups excluding carboxylic acids is 2. The highest BCUT2D eigenvalue weighted by molar-refractivity contribution is 6.06. The van der Waals surface area contributed by atoms with Gasteiger partial charge >= 0.3 is 6.03 Å². The number of anilines is 2. The molecule has 2 aromatic rings. The molecule has 2 aliphatic carbocycles. The monoisotopic (exact) mass is 443 g/mol. The number of amides is 2. The van der Waals surface area contributed by atoms with Gasteiger partial charge < -0.3 is 10.6 Å². The second-order valence-electron chi connectivity index (χ2n) is 10.6. The van der Waals surface area contributed by atoms with E-state index >= 15 is 0 Å². The van der Waals surface area contributed by atoms with Crippen LogP contribution in [0.2, 0.25) is 0 Å². The molecule has 1 atom stereocenters. The quantitative estimate of drug-likeness (QED) is 0.575. The van der Waals surface area contributed by atoms with Crippen LogP contribution in [-0.4, -0.2) is 17.9 Å². The highest BCUT2D eigenvalue weighted by atomic mass is 16.2. The molecular weight excluding hydrogens is 410 g/mol. The molecule has 5 nitrogen and oxygen atoms in total. The van der Waals surface area contributed by atoms with Gasteiger partial charge in [-0.15, -0.1) is 0 Å². The van der Waals surface area contributed by atoms with Crippen LogP contribution < -0.4 is 15.5 Å². The predicted molar refractivity (Wildman–Crippen MR) is 132 cm³/mol. The molecule has 3 aliphatic rings. The molecule has 33 heavy (non-hydrogen) atoms. The van der Waals surface area contributed by atoms with Crippen molar-refractivity contribution >= 4 is 23.2 Å². The van der Waals surface area contributed by atoms with Crippen molar-refractivity contribution in [2.45, 2.75) is 71.4 Å². The number of ketones is 1. The SMILES string of the molecule is Cc1ccc([C@H]2C3=C(CC(C)(C)CC3=O)Nc3ccccc3N2C(=O)NC2CCCC2)cc1. The highest BCUT2D eigenvalue weighted by Gasteiger charge is 2.43. The van der Waals surface area contributed by atoms with E-state index in [-0.39, 0.29) is 23.3 Å². The van der Waals surface area contributed by atoms with Gasteiger partial charge in [-0.25, -0.2) is 4.79 Å². The lowest BCUT2D eigenvalue weighted by molar-refractivity contribution is -0.118. The van der Waals surface area contributed by atoms with Gasteiger partial charge in [-0.05, 0) is 49.3 Å². The molecule has 2 amide bonds. The Labute approximate surface area is 196 Å². The van der Waals surface area contributed by atoms with Crippen LogP contribution in [0.5, 0.6) is 0 Å². The van der Waals surface area contributed by atoms with Crippen molar-refractivity contribution in [2.75, 3.05) is 10.2 Å². The maximum absolute atomic E-state index is 13.9. The van der Waals surface area contributed by atoms with E-state index in [9.17, 15) is 9.59 Å². The molecule has 172 valence electrons. The Kier molecular flexibility index (Phi) is 5.51. The zero-order valence-corrected chi connectivity index (χ0v) is 19.8. The number of para-hydroxylation sites is 2. The molecule has 2 N–H and O–H groups in total. The number of benzene rings is 2. The maximum atomic E-state index is 13.9. The molecule has 1 fully saturated rings. The first-order valence-electron chi connectivity index (χ1n) is 12.1. The van der Waals surface area contributed by atoms with Gasteiger partial charge in [0.25, 0.3) is 0 Å². The molecule has 0 saturated heterocycles. The number of nitrogens with zero attached hydrogens (tertiary/aromatic N) is 1. The van der Waals surface area contributed by atoms with Crippen molar-refractivity contribution in [3.63, 3.8) is 0 Å². The van der Waals surface area contributed by atoms with E-state index in [1.807, 2.05) is 29.2 Å². The van der Waals surface area contributed by atoms with Crippen molar-refractivity contribution in [3.05, 3.63) is 70.9 Å². The van der Waals surface area contributed by atoms with Crippen LogP contribution in [0.15, 0.2) is 59.8 Å². The molecule has 1 aliphatic heterocycles. The number of nitrogens with one attached hydrogen (secondary N) is 2. The van der Waals surface area contributed by atoms with Crippen molar-refractivity contribution in [1.82, 2.24) is 5.32 Å². The van der Waals surface area contributed by atoms with Gasteiger partial charge in [-0.2, -0.15) is 0 Å². The molecule has 5 rings (SSSR count). The Morgan fingerprint density at radius 2 is 1.73 bits per heavy atom. The van der Waals surface area contributed by atoms with Crippen LogP contribution in [0, 0.1) is 12.3 Å². The molecule has 5 heteroatoms. The molecule has 0 bridgehead atoms. The number of allylic oxidation sites excluding steroid dienone is 1. The lowest BCUT2D eigenvalue weighted by Crippen LogP contribution is -2.47. The normalized spacial score (nSPS) is 22.3. The smallest absolute Gasteiger partial charge is 0.323 e. The van der Waals surface area contributed by atoms with Crippen LogP contribution in [-0.2, 0) is 4.79 Å². The third-order valence-corrected chi connectivity index (χ3v) is 7.20. The third-order valence-electron chi connectivity index (χ3n) is 7.20. The van der Waals surface area contributed by atoms with E-state index in [1.165, 1.54) is 0 Å². The average molecular weight is 444 g/mol. The number of rotatable bonds is 2. The standard InChI is InChI=1S/C28H33N3O2/c1-18-12-14-19(15-13-18)26-25-22(16-28(2,3)17-24(25)32)30-21-10-6-7-11-23(21)31(26)27(33)29-20-8-4-5-9-20/h6-7,10-15,20,26,30H,4-5,8-9,16-17H2,1-3H3,(H,29,33)/t26-/m0/s1.